The first-order valence-electron chi connectivity index (χ1n) is 5.13. The third kappa shape index (κ3) is 2.43. The fourth-order valence-corrected chi connectivity index (χ4v) is 1.61. The lowest BCUT2D eigenvalue weighted by molar-refractivity contribution is -0.163. The molecular formula is C10H14N2O5. The number of barbiturate groups is 1. The molecule has 0 aromatic carbocycles. The summed E-state index contributed by atoms with van der Waals surface area (Å²) in [5.74, 6) is -3.53. The van der Waals surface area contributed by atoms with Crippen molar-refractivity contribution in [3.8, 4) is 0 Å². The molecular weight excluding hydrogens is 228 g/mol. The monoisotopic (exact) mass is 242 g/mol. The molecule has 0 unspecified atom stereocenters. The minimum absolute atomic E-state index is 0.150. The molecule has 1 heterocycles. The van der Waals surface area contributed by atoms with E-state index in [9.17, 15) is 19.2 Å². The number of hydrogen-bond acceptors (Lipinski definition) is 5. The predicted octanol–water partition coefficient (Wildman–Crippen LogP) is -0.442. The summed E-state index contributed by atoms with van der Waals surface area (Å²) in [6, 6.07) is -0.879. The predicted molar refractivity (Wildman–Crippen MR) is 55.6 cm³/mol. The van der Waals surface area contributed by atoms with Gasteiger partial charge >= 0.3 is 12.0 Å². The number of ether oxygens (including phenoxy) is 1. The van der Waals surface area contributed by atoms with Crippen molar-refractivity contribution in [2.24, 2.45) is 11.3 Å². The van der Waals surface area contributed by atoms with Gasteiger partial charge in [0.2, 0.25) is 11.8 Å². The molecule has 1 aliphatic rings. The molecule has 0 atom stereocenters. The van der Waals surface area contributed by atoms with E-state index in [0.29, 0.717) is 0 Å². The van der Waals surface area contributed by atoms with Gasteiger partial charge in [-0.1, -0.05) is 0 Å². The Morgan fingerprint density at radius 3 is 2.12 bits per heavy atom. The molecule has 17 heavy (non-hydrogen) atoms. The van der Waals surface area contributed by atoms with Crippen molar-refractivity contribution >= 4 is 23.8 Å². The van der Waals surface area contributed by atoms with Crippen LogP contribution in [0.1, 0.15) is 20.8 Å². The summed E-state index contributed by atoms with van der Waals surface area (Å²) in [5.41, 5.74) is -1.33. The number of carbonyl (C=O) groups excluding carboxylic acids is 4. The van der Waals surface area contributed by atoms with Crippen molar-refractivity contribution in [1.29, 1.82) is 0 Å². The van der Waals surface area contributed by atoms with Gasteiger partial charge in [0.25, 0.3) is 0 Å². The molecule has 0 aromatic rings. The maximum atomic E-state index is 11.7. The van der Waals surface area contributed by atoms with Gasteiger partial charge in [-0.25, -0.2) is 4.79 Å². The van der Waals surface area contributed by atoms with E-state index in [1.807, 2.05) is 10.6 Å². The van der Waals surface area contributed by atoms with Crippen molar-refractivity contribution in [3.63, 3.8) is 0 Å². The number of imide groups is 2. The van der Waals surface area contributed by atoms with Crippen LogP contribution in [0.25, 0.3) is 0 Å². The second kappa shape index (κ2) is 4.52. The molecule has 0 aliphatic carbocycles. The van der Waals surface area contributed by atoms with Crippen LogP contribution in [0.4, 0.5) is 4.79 Å². The van der Waals surface area contributed by atoms with Crippen LogP contribution < -0.4 is 10.6 Å². The molecule has 0 bridgehead atoms. The van der Waals surface area contributed by atoms with E-state index in [2.05, 4.69) is 0 Å². The highest BCUT2D eigenvalue weighted by atomic mass is 16.5. The minimum atomic E-state index is -1.33. The maximum Gasteiger partial charge on any atom is 0.328 e. The van der Waals surface area contributed by atoms with Gasteiger partial charge in [0.05, 0.1) is 12.0 Å². The van der Waals surface area contributed by atoms with E-state index in [4.69, 9.17) is 4.74 Å². The largest absolute Gasteiger partial charge is 0.466 e. The molecule has 7 heteroatoms. The first-order chi connectivity index (χ1) is 7.80. The van der Waals surface area contributed by atoms with Crippen molar-refractivity contribution in [3.05, 3.63) is 0 Å². The van der Waals surface area contributed by atoms with Gasteiger partial charge in [-0.15, -0.1) is 0 Å². The standard InChI is InChI=1S/C10H14N2O5/c1-4-17-8(15)10(2,3)5-6(13)11-9(16)12-7(5)14/h5H,4H2,1-3H3,(H2,11,12,13,14,16). The summed E-state index contributed by atoms with van der Waals surface area (Å²) in [6.45, 7) is 4.62. The summed E-state index contributed by atoms with van der Waals surface area (Å²) in [6.07, 6.45) is 0. The third-order valence-corrected chi connectivity index (χ3v) is 2.52. The van der Waals surface area contributed by atoms with Crippen LogP contribution in [0.15, 0.2) is 0 Å². The highest BCUT2D eigenvalue weighted by Gasteiger charge is 2.50. The van der Waals surface area contributed by atoms with Crippen LogP contribution >= 0.6 is 0 Å². The van der Waals surface area contributed by atoms with Crippen LogP contribution in [0.3, 0.4) is 0 Å². The maximum absolute atomic E-state index is 11.7. The van der Waals surface area contributed by atoms with E-state index in [1.54, 1.807) is 6.92 Å². The van der Waals surface area contributed by atoms with E-state index >= 15 is 0 Å². The number of esters is 1. The highest BCUT2D eigenvalue weighted by molar-refractivity contribution is 6.18. The Hall–Kier alpha value is -1.92. The lowest BCUT2D eigenvalue weighted by Crippen LogP contribution is -2.61. The van der Waals surface area contributed by atoms with E-state index < -0.39 is 35.1 Å². The fourth-order valence-electron chi connectivity index (χ4n) is 1.61. The zero-order chi connectivity index (χ0) is 13.2. The first kappa shape index (κ1) is 13.1. The molecule has 0 aromatic heterocycles. The summed E-state index contributed by atoms with van der Waals surface area (Å²) >= 11 is 0. The number of rotatable bonds is 3. The zero-order valence-corrected chi connectivity index (χ0v) is 9.83. The van der Waals surface area contributed by atoms with Crippen LogP contribution in [0.5, 0.6) is 0 Å². The molecule has 94 valence electrons. The topological polar surface area (TPSA) is 102 Å². The Kier molecular flexibility index (Phi) is 3.50. The summed E-state index contributed by atoms with van der Waals surface area (Å²) in [4.78, 5) is 45.7. The summed E-state index contributed by atoms with van der Waals surface area (Å²) in [5, 5.41) is 3.89. The van der Waals surface area contributed by atoms with E-state index in [-0.39, 0.29) is 6.61 Å². The second-order valence-electron chi connectivity index (χ2n) is 4.18. The van der Waals surface area contributed by atoms with Crippen LogP contribution in [-0.2, 0) is 19.1 Å². The van der Waals surface area contributed by atoms with Crippen LogP contribution in [0, 0.1) is 11.3 Å². The molecule has 0 radical (unpaired) electrons. The molecule has 0 saturated carbocycles. The molecule has 1 rings (SSSR count). The van der Waals surface area contributed by atoms with Gasteiger partial charge in [0.1, 0.15) is 5.92 Å². The van der Waals surface area contributed by atoms with Gasteiger partial charge in [0.15, 0.2) is 0 Å². The van der Waals surface area contributed by atoms with Gasteiger partial charge in [-0.05, 0) is 20.8 Å². The quantitative estimate of drug-likeness (QED) is 0.516. The van der Waals surface area contributed by atoms with Crippen molar-refractivity contribution in [1.82, 2.24) is 10.6 Å². The molecule has 4 amide bonds. The Bertz CT molecular complexity index is 368. The molecule has 2 N–H and O–H groups in total. The molecule has 1 aliphatic heterocycles. The van der Waals surface area contributed by atoms with Gasteiger partial charge in [-0.2, -0.15) is 0 Å². The van der Waals surface area contributed by atoms with Crippen LogP contribution in [-0.4, -0.2) is 30.4 Å². The lowest BCUT2D eigenvalue weighted by atomic mass is 9.77. The normalized spacial score (nSPS) is 17.5. The zero-order valence-electron chi connectivity index (χ0n) is 9.83. The lowest BCUT2D eigenvalue weighted by Gasteiger charge is -2.31. The van der Waals surface area contributed by atoms with Crippen LogP contribution in [0.2, 0.25) is 0 Å². The average molecular weight is 242 g/mol. The van der Waals surface area contributed by atoms with Gasteiger partial charge in [-0.3, -0.25) is 25.0 Å². The minimum Gasteiger partial charge on any atom is -0.466 e. The third-order valence-electron chi connectivity index (χ3n) is 2.52. The Labute approximate surface area is 97.9 Å². The summed E-state index contributed by atoms with van der Waals surface area (Å²) in [7, 11) is 0. The van der Waals surface area contributed by atoms with E-state index in [0.717, 1.165) is 0 Å². The molecule has 1 saturated heterocycles. The average Bonchev–Trinajstić information content (AvgIpc) is 2.15. The number of nitrogens with one attached hydrogen (secondary N) is 2. The Morgan fingerprint density at radius 1 is 1.24 bits per heavy atom. The number of amides is 4. The van der Waals surface area contributed by atoms with Crippen molar-refractivity contribution in [2.75, 3.05) is 6.61 Å². The van der Waals surface area contributed by atoms with Crippen molar-refractivity contribution in [2.45, 2.75) is 20.8 Å². The number of urea groups is 1. The molecule has 1 fully saturated rings. The Morgan fingerprint density at radius 2 is 1.71 bits per heavy atom. The SMILES string of the molecule is CCOC(=O)C(C)(C)C1C(=O)NC(=O)NC1=O. The first-order valence-corrected chi connectivity index (χ1v) is 5.13. The van der Waals surface area contributed by atoms with E-state index in [1.165, 1.54) is 13.8 Å². The smallest absolute Gasteiger partial charge is 0.328 e. The van der Waals surface area contributed by atoms with Gasteiger partial charge < -0.3 is 4.74 Å². The van der Waals surface area contributed by atoms with Crippen molar-refractivity contribution < 1.29 is 23.9 Å². The Balaban J connectivity index is 2.97. The molecule has 7 nitrogen and oxygen atoms in total. The molecule has 0 spiro atoms. The fraction of sp³-hybridized carbons (Fsp3) is 0.600. The van der Waals surface area contributed by atoms with Gasteiger partial charge in [0, 0.05) is 0 Å². The number of carbonyl (C=O) groups is 4. The second-order valence-corrected chi connectivity index (χ2v) is 4.18. The number of hydrogen-bond donors (Lipinski definition) is 2. The highest BCUT2D eigenvalue weighted by Crippen LogP contribution is 2.30. The summed E-state index contributed by atoms with van der Waals surface area (Å²) < 4.78 is 4.80.